The number of rotatable bonds is 7. The van der Waals surface area contributed by atoms with E-state index in [0.717, 1.165) is 11.8 Å². The van der Waals surface area contributed by atoms with Crippen LogP contribution in [-0.2, 0) is 12.7 Å². The minimum atomic E-state index is -4.42. The molecule has 0 spiro atoms. The van der Waals surface area contributed by atoms with Crippen LogP contribution in [-0.4, -0.2) is 46.4 Å². The Hall–Kier alpha value is -3.13. The third kappa shape index (κ3) is 5.93. The van der Waals surface area contributed by atoms with Crippen LogP contribution in [0.5, 0.6) is 0 Å². The van der Waals surface area contributed by atoms with E-state index in [9.17, 15) is 22.4 Å². The highest BCUT2D eigenvalue weighted by atomic mass is 19.4. The molecule has 2 atom stereocenters. The predicted octanol–water partition coefficient (Wildman–Crippen LogP) is 5.94. The average Bonchev–Trinajstić information content (AvgIpc) is 3.47. The van der Waals surface area contributed by atoms with Crippen LogP contribution in [0.1, 0.15) is 46.9 Å². The number of halogens is 4. The minimum Gasteiger partial charge on any atom is -0.364 e. The summed E-state index contributed by atoms with van der Waals surface area (Å²) in [4.78, 5) is 20.4. The molecule has 3 aromatic rings. The Morgan fingerprint density at radius 3 is 2.46 bits per heavy atom. The molecule has 0 aliphatic carbocycles. The van der Waals surface area contributed by atoms with Gasteiger partial charge in [-0.2, -0.15) is 13.2 Å². The summed E-state index contributed by atoms with van der Waals surface area (Å²) in [6.07, 6.45) is -2.58. The van der Waals surface area contributed by atoms with E-state index in [1.165, 1.54) is 36.4 Å². The number of benzene rings is 2. The number of amides is 1. The van der Waals surface area contributed by atoms with Gasteiger partial charge in [0.05, 0.1) is 5.56 Å². The van der Waals surface area contributed by atoms with Crippen molar-refractivity contribution in [1.82, 2.24) is 14.8 Å². The number of alkyl halides is 3. The van der Waals surface area contributed by atoms with Gasteiger partial charge in [0, 0.05) is 55.6 Å². The quantitative estimate of drug-likeness (QED) is 0.419. The number of hydrogen-bond acceptors (Lipinski definition) is 2. The van der Waals surface area contributed by atoms with Crippen LogP contribution < -0.4 is 0 Å². The molecule has 1 aromatic heterocycles. The van der Waals surface area contributed by atoms with Crippen LogP contribution in [0, 0.1) is 11.7 Å². The first-order valence-corrected chi connectivity index (χ1v) is 11.7. The van der Waals surface area contributed by atoms with Gasteiger partial charge in [-0.1, -0.05) is 18.2 Å². The van der Waals surface area contributed by atoms with E-state index in [1.54, 1.807) is 11.0 Å². The SMILES string of the molecule is CC(C)N(C[C@@H]1CN(Cc2ccc[nH]2)C[C@@H]1c1cccc(C(F)(F)F)c1)C(=O)c1ccc(F)cc1. The van der Waals surface area contributed by atoms with Gasteiger partial charge in [-0.05, 0) is 67.8 Å². The standard InChI is InChI=1S/C27H29F4N3O/c1-18(2)34(26(35)19-8-10-23(28)11-9-19)15-21-14-33(16-24-7-4-12-32-24)17-25(21)20-5-3-6-22(13-20)27(29,30)31/h3-13,18,21,25,32H,14-17H2,1-2H3/t21-,25+/m0/s1. The molecule has 0 radical (unpaired) electrons. The lowest BCUT2D eigenvalue weighted by Gasteiger charge is -2.32. The molecule has 8 heteroatoms. The van der Waals surface area contributed by atoms with Gasteiger partial charge in [0.15, 0.2) is 0 Å². The molecule has 1 N–H and O–H groups in total. The summed E-state index contributed by atoms with van der Waals surface area (Å²) in [7, 11) is 0. The number of nitrogens with one attached hydrogen (secondary N) is 1. The molecule has 1 saturated heterocycles. The van der Waals surface area contributed by atoms with Gasteiger partial charge in [-0.3, -0.25) is 9.69 Å². The van der Waals surface area contributed by atoms with Crippen LogP contribution in [0.25, 0.3) is 0 Å². The number of aromatic nitrogens is 1. The predicted molar refractivity (Wildman–Crippen MR) is 126 cm³/mol. The van der Waals surface area contributed by atoms with Crippen molar-refractivity contribution < 1.29 is 22.4 Å². The first-order chi connectivity index (χ1) is 16.6. The molecule has 4 rings (SSSR count). The highest BCUT2D eigenvalue weighted by molar-refractivity contribution is 5.94. The molecule has 4 nitrogen and oxygen atoms in total. The molecule has 0 saturated carbocycles. The number of carbonyl (C=O) groups excluding carboxylic acids is 1. The molecule has 2 aromatic carbocycles. The normalized spacial score (nSPS) is 18.8. The Bertz CT molecular complexity index is 1130. The Balaban J connectivity index is 1.61. The zero-order valence-corrected chi connectivity index (χ0v) is 19.7. The van der Waals surface area contributed by atoms with Gasteiger partial charge >= 0.3 is 6.18 Å². The lowest BCUT2D eigenvalue weighted by atomic mass is 9.87. The Kier molecular flexibility index (Phi) is 7.31. The number of aromatic amines is 1. The largest absolute Gasteiger partial charge is 0.416 e. The van der Waals surface area contributed by atoms with Crippen molar-refractivity contribution in [3.05, 3.63) is 95.1 Å². The number of hydrogen-bond donors (Lipinski definition) is 1. The zero-order valence-electron chi connectivity index (χ0n) is 19.7. The summed E-state index contributed by atoms with van der Waals surface area (Å²) in [6, 6.07) is 14.7. The van der Waals surface area contributed by atoms with Gasteiger partial charge in [-0.15, -0.1) is 0 Å². The van der Waals surface area contributed by atoms with E-state index < -0.39 is 17.6 Å². The lowest BCUT2D eigenvalue weighted by Crippen LogP contribution is -2.42. The van der Waals surface area contributed by atoms with Crippen LogP contribution in [0.3, 0.4) is 0 Å². The van der Waals surface area contributed by atoms with Gasteiger partial charge < -0.3 is 9.88 Å². The molecule has 1 amide bonds. The number of likely N-dealkylation sites (tertiary alicyclic amines) is 1. The molecule has 186 valence electrons. The Labute approximate surface area is 202 Å². The fraction of sp³-hybridized carbons (Fsp3) is 0.370. The fourth-order valence-electron chi connectivity index (χ4n) is 4.84. The first kappa shape index (κ1) is 25.0. The van der Waals surface area contributed by atoms with Crippen molar-refractivity contribution in [3.8, 4) is 0 Å². The number of nitrogens with zero attached hydrogens (tertiary/aromatic N) is 2. The average molecular weight is 488 g/mol. The maximum Gasteiger partial charge on any atom is 0.416 e. The molecule has 0 bridgehead atoms. The van der Waals surface area contributed by atoms with Crippen LogP contribution in [0.2, 0.25) is 0 Å². The molecule has 1 aliphatic rings. The van der Waals surface area contributed by atoms with E-state index in [4.69, 9.17) is 0 Å². The molecule has 2 heterocycles. The van der Waals surface area contributed by atoms with Crippen molar-refractivity contribution in [2.75, 3.05) is 19.6 Å². The van der Waals surface area contributed by atoms with Crippen molar-refractivity contribution in [3.63, 3.8) is 0 Å². The van der Waals surface area contributed by atoms with Crippen molar-refractivity contribution in [2.45, 2.75) is 38.5 Å². The van der Waals surface area contributed by atoms with Gasteiger partial charge in [0.25, 0.3) is 5.91 Å². The van der Waals surface area contributed by atoms with E-state index in [2.05, 4.69) is 9.88 Å². The van der Waals surface area contributed by atoms with E-state index in [1.807, 2.05) is 32.2 Å². The second kappa shape index (κ2) is 10.2. The van der Waals surface area contributed by atoms with E-state index in [-0.39, 0.29) is 23.8 Å². The van der Waals surface area contributed by atoms with Gasteiger partial charge in [0.2, 0.25) is 0 Å². The third-order valence-corrected chi connectivity index (χ3v) is 6.62. The maximum atomic E-state index is 13.4. The molecule has 1 aliphatic heterocycles. The van der Waals surface area contributed by atoms with Crippen LogP contribution in [0.15, 0.2) is 66.9 Å². The highest BCUT2D eigenvalue weighted by Gasteiger charge is 2.38. The van der Waals surface area contributed by atoms with Gasteiger partial charge in [-0.25, -0.2) is 4.39 Å². The number of H-pyrrole nitrogens is 1. The van der Waals surface area contributed by atoms with Crippen molar-refractivity contribution in [1.29, 1.82) is 0 Å². The third-order valence-electron chi connectivity index (χ3n) is 6.62. The number of carbonyl (C=O) groups is 1. The maximum absolute atomic E-state index is 13.4. The molecule has 1 fully saturated rings. The summed E-state index contributed by atoms with van der Waals surface area (Å²) < 4.78 is 53.7. The summed E-state index contributed by atoms with van der Waals surface area (Å²) >= 11 is 0. The van der Waals surface area contributed by atoms with E-state index in [0.29, 0.717) is 37.3 Å². The Morgan fingerprint density at radius 1 is 1.09 bits per heavy atom. The molecule has 35 heavy (non-hydrogen) atoms. The fourth-order valence-corrected chi connectivity index (χ4v) is 4.84. The summed E-state index contributed by atoms with van der Waals surface area (Å²) in [5, 5.41) is 0. The topological polar surface area (TPSA) is 39.3 Å². The second-order valence-electron chi connectivity index (χ2n) is 9.44. The van der Waals surface area contributed by atoms with Crippen molar-refractivity contribution >= 4 is 5.91 Å². The molecule has 0 unspecified atom stereocenters. The smallest absolute Gasteiger partial charge is 0.364 e. The summed E-state index contributed by atoms with van der Waals surface area (Å²) in [5.74, 6) is -0.876. The monoisotopic (exact) mass is 487 g/mol. The minimum absolute atomic E-state index is 0.0692. The van der Waals surface area contributed by atoms with Crippen molar-refractivity contribution in [2.24, 2.45) is 5.92 Å². The van der Waals surface area contributed by atoms with E-state index >= 15 is 0 Å². The molecular formula is C27H29F4N3O. The van der Waals surface area contributed by atoms with Gasteiger partial charge in [0.1, 0.15) is 5.82 Å². The zero-order chi connectivity index (χ0) is 25.2. The highest BCUT2D eigenvalue weighted by Crippen LogP contribution is 2.37. The summed E-state index contributed by atoms with van der Waals surface area (Å²) in [5.41, 5.74) is 1.37. The second-order valence-corrected chi connectivity index (χ2v) is 9.44. The molecular weight excluding hydrogens is 458 g/mol. The van der Waals surface area contributed by atoms with Crippen LogP contribution >= 0.6 is 0 Å². The first-order valence-electron chi connectivity index (χ1n) is 11.7. The lowest BCUT2D eigenvalue weighted by molar-refractivity contribution is -0.137. The Morgan fingerprint density at radius 2 is 1.83 bits per heavy atom. The summed E-state index contributed by atoms with van der Waals surface area (Å²) in [6.45, 7) is 6.07. The van der Waals surface area contributed by atoms with Crippen LogP contribution in [0.4, 0.5) is 17.6 Å².